The van der Waals surface area contributed by atoms with Gasteiger partial charge in [0.25, 0.3) is 0 Å². The van der Waals surface area contributed by atoms with Crippen molar-refractivity contribution in [1.29, 1.82) is 0 Å². The number of hydrogen-bond acceptors (Lipinski definition) is 3. The van der Waals surface area contributed by atoms with Gasteiger partial charge < -0.3 is 15.2 Å². The van der Waals surface area contributed by atoms with Crippen molar-refractivity contribution in [2.24, 2.45) is 0 Å². The Bertz CT molecular complexity index is 195. The lowest BCUT2D eigenvalue weighted by Gasteiger charge is -2.13. The van der Waals surface area contributed by atoms with Crippen molar-refractivity contribution in [2.45, 2.75) is 57.9 Å². The highest BCUT2D eigenvalue weighted by Crippen LogP contribution is 2.02. The first-order valence-electron chi connectivity index (χ1n) is 6.12. The average Bonchev–Trinajstić information content (AvgIpc) is 2.26. The molecule has 4 heteroatoms. The van der Waals surface area contributed by atoms with Crippen molar-refractivity contribution in [3.8, 4) is 0 Å². The minimum atomic E-state index is -0.818. The lowest BCUT2D eigenvalue weighted by Crippen LogP contribution is -2.37. The third-order valence-electron chi connectivity index (χ3n) is 2.53. The van der Waals surface area contributed by atoms with Crippen molar-refractivity contribution in [2.75, 3.05) is 6.54 Å². The van der Waals surface area contributed by atoms with Gasteiger partial charge in [0.2, 0.25) is 0 Å². The summed E-state index contributed by atoms with van der Waals surface area (Å²) in [6.45, 7) is 2.89. The molecule has 0 aromatic carbocycles. The summed E-state index contributed by atoms with van der Waals surface area (Å²) in [5.41, 5.74) is 0. The molecule has 94 valence electrons. The molecule has 0 bridgehead atoms. The van der Waals surface area contributed by atoms with Crippen molar-refractivity contribution < 1.29 is 14.7 Å². The number of carbonyl (C=O) groups excluding carboxylic acids is 1. The lowest BCUT2D eigenvalue weighted by atomic mass is 10.1. The largest absolute Gasteiger partial charge is 0.480 e. The van der Waals surface area contributed by atoms with Gasteiger partial charge >= 0.3 is 5.97 Å². The molecule has 0 rings (SSSR count). The SMILES string of the molecule is CCCCCCNC(CCCC=O)C(=O)O. The normalized spacial score (nSPS) is 12.3. The molecule has 0 saturated carbocycles. The Balaban J connectivity index is 3.60. The van der Waals surface area contributed by atoms with Gasteiger partial charge in [-0.25, -0.2) is 0 Å². The van der Waals surface area contributed by atoms with Gasteiger partial charge in [-0.2, -0.15) is 0 Å². The van der Waals surface area contributed by atoms with E-state index in [1.807, 2.05) is 0 Å². The molecule has 16 heavy (non-hydrogen) atoms. The molecule has 0 aliphatic carbocycles. The molecule has 4 nitrogen and oxygen atoms in total. The molecule has 0 saturated heterocycles. The minimum Gasteiger partial charge on any atom is -0.480 e. The first-order chi connectivity index (χ1) is 7.72. The van der Waals surface area contributed by atoms with E-state index in [9.17, 15) is 9.59 Å². The van der Waals surface area contributed by atoms with Crippen molar-refractivity contribution in [1.82, 2.24) is 5.32 Å². The number of carboxylic acid groups (broad SMARTS) is 1. The van der Waals surface area contributed by atoms with E-state index in [1.54, 1.807) is 0 Å². The predicted molar refractivity (Wildman–Crippen MR) is 63.5 cm³/mol. The standard InChI is InChI=1S/C12H23NO3/c1-2-3-4-6-9-13-11(12(15)16)8-5-7-10-14/h10-11,13H,2-9H2,1H3,(H,15,16). The molecule has 0 spiro atoms. The number of aliphatic carboxylic acids is 1. The summed E-state index contributed by atoms with van der Waals surface area (Å²) in [6, 6.07) is -0.499. The zero-order valence-corrected chi connectivity index (χ0v) is 10.1. The maximum absolute atomic E-state index is 10.9. The van der Waals surface area contributed by atoms with Crippen LogP contribution < -0.4 is 5.32 Å². The van der Waals surface area contributed by atoms with Crippen LogP contribution in [0.5, 0.6) is 0 Å². The summed E-state index contributed by atoms with van der Waals surface area (Å²) in [5, 5.41) is 11.9. The molecule has 0 heterocycles. The van der Waals surface area contributed by atoms with E-state index in [0.717, 1.165) is 25.7 Å². The summed E-state index contributed by atoms with van der Waals surface area (Å²) in [4.78, 5) is 21.0. The Morgan fingerprint density at radius 2 is 2.06 bits per heavy atom. The van der Waals surface area contributed by atoms with Gasteiger partial charge in [0.1, 0.15) is 12.3 Å². The maximum Gasteiger partial charge on any atom is 0.320 e. The van der Waals surface area contributed by atoms with Crippen LogP contribution in [0.1, 0.15) is 51.9 Å². The fraction of sp³-hybridized carbons (Fsp3) is 0.833. The van der Waals surface area contributed by atoms with Crippen molar-refractivity contribution >= 4 is 12.3 Å². The summed E-state index contributed by atoms with van der Waals surface area (Å²) in [7, 11) is 0. The van der Waals surface area contributed by atoms with E-state index >= 15 is 0 Å². The van der Waals surface area contributed by atoms with E-state index < -0.39 is 12.0 Å². The highest BCUT2D eigenvalue weighted by molar-refractivity contribution is 5.73. The average molecular weight is 229 g/mol. The molecule has 0 radical (unpaired) electrons. The van der Waals surface area contributed by atoms with Crippen LogP contribution in [-0.2, 0) is 9.59 Å². The number of rotatable bonds is 11. The highest BCUT2D eigenvalue weighted by Gasteiger charge is 2.15. The summed E-state index contributed by atoms with van der Waals surface area (Å²) in [6.07, 6.45) is 6.99. The molecule has 0 aliphatic rings. The van der Waals surface area contributed by atoms with Crippen LogP contribution in [0.3, 0.4) is 0 Å². The topological polar surface area (TPSA) is 66.4 Å². The van der Waals surface area contributed by atoms with Crippen molar-refractivity contribution in [3.63, 3.8) is 0 Å². The van der Waals surface area contributed by atoms with Crippen LogP contribution in [0.15, 0.2) is 0 Å². The minimum absolute atomic E-state index is 0.446. The smallest absolute Gasteiger partial charge is 0.320 e. The first kappa shape index (κ1) is 15.1. The summed E-state index contributed by atoms with van der Waals surface area (Å²) >= 11 is 0. The molecule has 0 aliphatic heterocycles. The van der Waals surface area contributed by atoms with Crippen LogP contribution in [0.4, 0.5) is 0 Å². The maximum atomic E-state index is 10.9. The zero-order chi connectivity index (χ0) is 12.2. The number of aldehydes is 1. The zero-order valence-electron chi connectivity index (χ0n) is 10.1. The van der Waals surface area contributed by atoms with E-state index in [1.165, 1.54) is 12.8 Å². The molecule has 2 N–H and O–H groups in total. The Morgan fingerprint density at radius 3 is 2.62 bits per heavy atom. The van der Waals surface area contributed by atoms with Gasteiger partial charge in [0.05, 0.1) is 0 Å². The van der Waals surface area contributed by atoms with Gasteiger partial charge in [0, 0.05) is 6.42 Å². The quantitative estimate of drug-likeness (QED) is 0.420. The molecule has 1 unspecified atom stereocenters. The molecule has 0 aromatic heterocycles. The summed E-state index contributed by atoms with van der Waals surface area (Å²) < 4.78 is 0. The molecular formula is C12H23NO3. The second-order valence-electron chi connectivity index (χ2n) is 4.00. The van der Waals surface area contributed by atoms with Gasteiger partial charge in [-0.1, -0.05) is 26.2 Å². The summed E-state index contributed by atoms with van der Waals surface area (Å²) in [5.74, 6) is -0.818. The Morgan fingerprint density at radius 1 is 1.31 bits per heavy atom. The Kier molecular flexibility index (Phi) is 10.0. The Hall–Kier alpha value is -0.900. The number of nitrogens with one attached hydrogen (secondary N) is 1. The predicted octanol–water partition coefficient (Wildman–Crippen LogP) is 1.98. The molecule has 0 amide bonds. The fourth-order valence-electron chi connectivity index (χ4n) is 1.55. The molecular weight excluding hydrogens is 206 g/mol. The number of carbonyl (C=O) groups is 2. The van der Waals surface area contributed by atoms with Crippen molar-refractivity contribution in [3.05, 3.63) is 0 Å². The Labute approximate surface area is 97.4 Å². The third kappa shape index (κ3) is 8.41. The third-order valence-corrected chi connectivity index (χ3v) is 2.53. The second-order valence-corrected chi connectivity index (χ2v) is 4.00. The van der Waals surface area contributed by atoms with E-state index in [-0.39, 0.29) is 0 Å². The lowest BCUT2D eigenvalue weighted by molar-refractivity contribution is -0.139. The van der Waals surface area contributed by atoms with E-state index in [4.69, 9.17) is 5.11 Å². The van der Waals surface area contributed by atoms with Gasteiger partial charge in [-0.3, -0.25) is 4.79 Å². The van der Waals surface area contributed by atoms with E-state index in [2.05, 4.69) is 12.2 Å². The van der Waals surface area contributed by atoms with Crippen LogP contribution in [0, 0.1) is 0 Å². The van der Waals surface area contributed by atoms with Crippen LogP contribution >= 0.6 is 0 Å². The second kappa shape index (κ2) is 10.6. The van der Waals surface area contributed by atoms with Crippen LogP contribution in [-0.4, -0.2) is 29.9 Å². The number of hydrogen-bond donors (Lipinski definition) is 2. The van der Waals surface area contributed by atoms with Crippen LogP contribution in [0.2, 0.25) is 0 Å². The molecule has 0 fully saturated rings. The van der Waals surface area contributed by atoms with Gasteiger partial charge in [-0.15, -0.1) is 0 Å². The highest BCUT2D eigenvalue weighted by atomic mass is 16.4. The number of unbranched alkanes of at least 4 members (excludes halogenated alkanes) is 4. The van der Waals surface area contributed by atoms with Gasteiger partial charge in [-0.05, 0) is 25.8 Å². The molecule has 1 atom stereocenters. The van der Waals surface area contributed by atoms with E-state index in [0.29, 0.717) is 19.3 Å². The van der Waals surface area contributed by atoms with Crippen LogP contribution in [0.25, 0.3) is 0 Å². The molecule has 0 aromatic rings. The van der Waals surface area contributed by atoms with Gasteiger partial charge in [0.15, 0.2) is 0 Å². The first-order valence-corrected chi connectivity index (χ1v) is 6.12. The fourth-order valence-corrected chi connectivity index (χ4v) is 1.55. The number of carboxylic acids is 1. The monoisotopic (exact) mass is 229 g/mol.